The third-order valence-electron chi connectivity index (χ3n) is 4.87. The summed E-state index contributed by atoms with van der Waals surface area (Å²) >= 11 is 5.69. The lowest BCUT2D eigenvalue weighted by molar-refractivity contribution is 0.288. The van der Waals surface area contributed by atoms with Gasteiger partial charge in [0.25, 0.3) is 0 Å². The molecule has 4 rings (SSSR count). The van der Waals surface area contributed by atoms with Crippen LogP contribution < -0.4 is 5.32 Å². The van der Waals surface area contributed by atoms with E-state index in [0.717, 1.165) is 23.0 Å². The third-order valence-corrected chi connectivity index (χ3v) is 5.22. The largest absolute Gasteiger partial charge is 0.352 e. The molecule has 0 bridgehead atoms. The molecule has 1 saturated heterocycles. The van der Waals surface area contributed by atoms with Gasteiger partial charge in [0.05, 0.1) is 17.8 Å². The summed E-state index contributed by atoms with van der Waals surface area (Å²) in [6, 6.07) is 18.8. The van der Waals surface area contributed by atoms with Gasteiger partial charge in [0.2, 0.25) is 0 Å². The van der Waals surface area contributed by atoms with Crippen LogP contribution in [-0.4, -0.2) is 26.1 Å². The maximum absolute atomic E-state index is 5.69. The van der Waals surface area contributed by atoms with Crippen molar-refractivity contribution in [2.75, 3.05) is 6.54 Å². The molecule has 2 atom stereocenters. The molecular formula is C22H24N4S. The molecule has 0 amide bonds. The molecule has 0 unspecified atom stereocenters. The molecule has 2 aromatic heterocycles. The zero-order valence-electron chi connectivity index (χ0n) is 15.6. The van der Waals surface area contributed by atoms with Gasteiger partial charge in [-0.2, -0.15) is 0 Å². The fourth-order valence-electron chi connectivity index (χ4n) is 3.71. The van der Waals surface area contributed by atoms with E-state index >= 15 is 0 Å². The van der Waals surface area contributed by atoms with Crippen LogP contribution in [0.15, 0.2) is 73.2 Å². The number of hydrogen-bond acceptors (Lipinski definition) is 2. The third kappa shape index (κ3) is 3.60. The summed E-state index contributed by atoms with van der Waals surface area (Å²) in [4.78, 5) is 6.90. The molecule has 0 radical (unpaired) electrons. The van der Waals surface area contributed by atoms with Crippen molar-refractivity contribution < 1.29 is 0 Å². The molecule has 3 heterocycles. The normalized spacial score (nSPS) is 19.5. The van der Waals surface area contributed by atoms with Crippen LogP contribution in [0.4, 0.5) is 0 Å². The van der Waals surface area contributed by atoms with Crippen LogP contribution >= 0.6 is 12.2 Å². The van der Waals surface area contributed by atoms with E-state index in [9.17, 15) is 0 Å². The number of pyridine rings is 1. The van der Waals surface area contributed by atoms with Gasteiger partial charge < -0.3 is 14.8 Å². The van der Waals surface area contributed by atoms with E-state index in [-0.39, 0.29) is 12.1 Å². The summed E-state index contributed by atoms with van der Waals surface area (Å²) in [6.07, 6.45) is 6.17. The first-order valence-corrected chi connectivity index (χ1v) is 9.75. The van der Waals surface area contributed by atoms with Crippen molar-refractivity contribution >= 4 is 17.3 Å². The molecule has 1 aliphatic rings. The number of aromatic nitrogens is 2. The molecule has 3 aromatic rings. The highest BCUT2D eigenvalue weighted by Crippen LogP contribution is 2.39. The minimum Gasteiger partial charge on any atom is -0.352 e. The molecule has 0 spiro atoms. The Labute approximate surface area is 165 Å². The average molecular weight is 377 g/mol. The Morgan fingerprint density at radius 1 is 1.07 bits per heavy atom. The van der Waals surface area contributed by atoms with E-state index in [1.165, 1.54) is 5.56 Å². The Balaban J connectivity index is 1.73. The van der Waals surface area contributed by atoms with Gasteiger partial charge in [0.15, 0.2) is 5.11 Å². The van der Waals surface area contributed by atoms with Gasteiger partial charge in [-0.15, -0.1) is 0 Å². The second-order valence-corrected chi connectivity index (χ2v) is 7.75. The summed E-state index contributed by atoms with van der Waals surface area (Å²) < 4.78 is 2.17. The van der Waals surface area contributed by atoms with Crippen molar-refractivity contribution in [2.24, 2.45) is 5.92 Å². The number of thiocarbonyl (C=S) groups is 1. The molecule has 5 heteroatoms. The number of para-hydroxylation sites is 1. The van der Waals surface area contributed by atoms with Gasteiger partial charge in [0.1, 0.15) is 0 Å². The summed E-state index contributed by atoms with van der Waals surface area (Å²) in [5.41, 5.74) is 3.41. The fourth-order valence-corrected chi connectivity index (χ4v) is 4.02. The molecule has 1 N–H and O–H groups in total. The van der Waals surface area contributed by atoms with E-state index in [1.807, 2.05) is 24.4 Å². The van der Waals surface area contributed by atoms with Crippen molar-refractivity contribution in [1.82, 2.24) is 19.8 Å². The van der Waals surface area contributed by atoms with E-state index < -0.39 is 0 Å². The van der Waals surface area contributed by atoms with Crippen LogP contribution in [0, 0.1) is 5.92 Å². The van der Waals surface area contributed by atoms with Crippen LogP contribution in [0.2, 0.25) is 0 Å². The molecule has 0 saturated carbocycles. The first-order chi connectivity index (χ1) is 13.1. The van der Waals surface area contributed by atoms with E-state index in [2.05, 4.69) is 82.4 Å². The van der Waals surface area contributed by atoms with E-state index in [1.54, 1.807) is 0 Å². The fraction of sp³-hybridized carbons (Fsp3) is 0.273. The smallest absolute Gasteiger partial charge is 0.170 e. The van der Waals surface area contributed by atoms with Crippen LogP contribution in [-0.2, 0) is 0 Å². The van der Waals surface area contributed by atoms with Gasteiger partial charge in [0, 0.05) is 30.8 Å². The molecule has 4 nitrogen and oxygen atoms in total. The Morgan fingerprint density at radius 3 is 2.56 bits per heavy atom. The van der Waals surface area contributed by atoms with Gasteiger partial charge >= 0.3 is 0 Å². The Bertz CT molecular complexity index is 904. The van der Waals surface area contributed by atoms with Gasteiger partial charge in [-0.3, -0.25) is 4.98 Å². The first kappa shape index (κ1) is 17.7. The van der Waals surface area contributed by atoms with Crippen molar-refractivity contribution in [3.05, 3.63) is 84.4 Å². The van der Waals surface area contributed by atoms with Crippen LogP contribution in [0.3, 0.4) is 0 Å². The van der Waals surface area contributed by atoms with Crippen molar-refractivity contribution in [3.8, 4) is 5.69 Å². The van der Waals surface area contributed by atoms with Crippen molar-refractivity contribution in [3.63, 3.8) is 0 Å². The zero-order valence-corrected chi connectivity index (χ0v) is 16.4. The number of hydrogen-bond donors (Lipinski definition) is 1. The SMILES string of the molecule is CC(C)CN1C(=S)N[C@H](c2ccccn2)[C@@H]1c1ccn(-c2ccccc2)c1. The maximum atomic E-state index is 5.69. The minimum atomic E-state index is 0.0454. The van der Waals surface area contributed by atoms with E-state index in [4.69, 9.17) is 12.2 Å². The number of benzene rings is 1. The van der Waals surface area contributed by atoms with Crippen molar-refractivity contribution in [2.45, 2.75) is 25.9 Å². The van der Waals surface area contributed by atoms with Gasteiger partial charge in [-0.05, 0) is 54.0 Å². The molecule has 1 aromatic carbocycles. The van der Waals surface area contributed by atoms with Gasteiger partial charge in [-0.25, -0.2) is 0 Å². The lowest BCUT2D eigenvalue weighted by Crippen LogP contribution is -2.32. The summed E-state index contributed by atoms with van der Waals surface area (Å²) in [6.45, 7) is 5.36. The predicted octanol–water partition coefficient (Wildman–Crippen LogP) is 4.50. The van der Waals surface area contributed by atoms with Crippen molar-refractivity contribution in [1.29, 1.82) is 0 Å². The number of nitrogens with zero attached hydrogens (tertiary/aromatic N) is 3. The van der Waals surface area contributed by atoms with Crippen LogP contribution in [0.5, 0.6) is 0 Å². The lowest BCUT2D eigenvalue weighted by Gasteiger charge is -2.28. The zero-order chi connectivity index (χ0) is 18.8. The molecule has 27 heavy (non-hydrogen) atoms. The van der Waals surface area contributed by atoms with Gasteiger partial charge in [-0.1, -0.05) is 38.1 Å². The number of nitrogens with one attached hydrogen (secondary N) is 1. The Kier molecular flexibility index (Phi) is 4.94. The lowest BCUT2D eigenvalue weighted by atomic mass is 9.98. The summed E-state index contributed by atoms with van der Waals surface area (Å²) in [5.74, 6) is 0.519. The Hall–Kier alpha value is -2.66. The standard InChI is InChI=1S/C22H24N4S/c1-16(2)14-26-21(20(24-22(26)27)19-10-6-7-12-23-19)17-11-13-25(15-17)18-8-4-3-5-9-18/h3-13,15-16,20-21H,14H2,1-2H3,(H,24,27)/t20-,21+/m1/s1. The monoisotopic (exact) mass is 376 g/mol. The van der Waals surface area contributed by atoms with Crippen LogP contribution in [0.25, 0.3) is 5.69 Å². The Morgan fingerprint density at radius 2 is 1.85 bits per heavy atom. The first-order valence-electron chi connectivity index (χ1n) is 9.35. The number of rotatable bonds is 5. The minimum absolute atomic E-state index is 0.0454. The molecular weight excluding hydrogens is 352 g/mol. The highest BCUT2D eigenvalue weighted by atomic mass is 32.1. The van der Waals surface area contributed by atoms with E-state index in [0.29, 0.717) is 5.92 Å². The second-order valence-electron chi connectivity index (χ2n) is 7.36. The highest BCUT2D eigenvalue weighted by molar-refractivity contribution is 7.80. The molecule has 138 valence electrons. The molecule has 1 fully saturated rings. The van der Waals surface area contributed by atoms with Crippen LogP contribution in [0.1, 0.15) is 37.2 Å². The highest BCUT2D eigenvalue weighted by Gasteiger charge is 2.40. The molecule has 0 aliphatic carbocycles. The average Bonchev–Trinajstić information content (AvgIpc) is 3.28. The topological polar surface area (TPSA) is 33.1 Å². The second kappa shape index (κ2) is 7.53. The molecule has 1 aliphatic heterocycles. The predicted molar refractivity (Wildman–Crippen MR) is 113 cm³/mol. The maximum Gasteiger partial charge on any atom is 0.170 e. The summed E-state index contributed by atoms with van der Waals surface area (Å²) in [7, 11) is 0. The summed E-state index contributed by atoms with van der Waals surface area (Å²) in [5, 5.41) is 4.31. The quantitative estimate of drug-likeness (QED) is 0.665.